The number of hydrogen-bond donors (Lipinski definition) is 2. The Balaban J connectivity index is 2.29. The van der Waals surface area contributed by atoms with Gasteiger partial charge in [-0.1, -0.05) is 0 Å². The average Bonchev–Trinajstić information content (AvgIpc) is 2.43. The number of carbonyl (C=O) groups is 2. The molecule has 1 amide bonds. The number of ether oxygens (including phenoxy) is 1. The molecule has 0 radical (unpaired) electrons. The second-order valence-electron chi connectivity index (χ2n) is 5.85. The van der Waals surface area contributed by atoms with Gasteiger partial charge in [-0.3, -0.25) is 9.59 Å². The Morgan fingerprint density at radius 2 is 1.96 bits per heavy atom. The standard InChI is InChI=1S/C16H21F2NO4/c1-16(2,8-7-15(21)22)19-14(20)4-3-9-23-13-6-5-11(17)10-12(13)18/h5-6,10H,3-4,7-9H2,1-2H3,(H,19,20)(H,21,22). The summed E-state index contributed by atoms with van der Waals surface area (Å²) in [5.41, 5.74) is -0.612. The van der Waals surface area contributed by atoms with Gasteiger partial charge in [0.1, 0.15) is 5.82 Å². The molecule has 0 unspecified atom stereocenters. The summed E-state index contributed by atoms with van der Waals surface area (Å²) in [5, 5.41) is 11.4. The first-order valence-electron chi connectivity index (χ1n) is 7.30. The van der Waals surface area contributed by atoms with Gasteiger partial charge in [0.2, 0.25) is 5.91 Å². The molecule has 2 N–H and O–H groups in total. The van der Waals surface area contributed by atoms with Crippen LogP contribution in [0.5, 0.6) is 5.75 Å². The first-order chi connectivity index (χ1) is 10.7. The summed E-state index contributed by atoms with van der Waals surface area (Å²) in [6.45, 7) is 3.61. The Bertz CT molecular complexity index is 561. The van der Waals surface area contributed by atoms with E-state index in [0.717, 1.165) is 12.1 Å². The lowest BCUT2D eigenvalue weighted by molar-refractivity contribution is -0.137. The van der Waals surface area contributed by atoms with E-state index in [-0.39, 0.29) is 31.1 Å². The van der Waals surface area contributed by atoms with Gasteiger partial charge in [0.25, 0.3) is 0 Å². The van der Waals surface area contributed by atoms with Crippen molar-refractivity contribution in [2.24, 2.45) is 0 Å². The Hall–Kier alpha value is -2.18. The van der Waals surface area contributed by atoms with Crippen LogP contribution in [0.15, 0.2) is 18.2 Å². The molecule has 0 aliphatic rings. The van der Waals surface area contributed by atoms with Crippen LogP contribution in [0.25, 0.3) is 0 Å². The van der Waals surface area contributed by atoms with E-state index in [1.807, 2.05) is 0 Å². The van der Waals surface area contributed by atoms with Gasteiger partial charge in [-0.2, -0.15) is 0 Å². The summed E-state index contributed by atoms with van der Waals surface area (Å²) < 4.78 is 31.2. The van der Waals surface area contributed by atoms with E-state index < -0.39 is 23.1 Å². The van der Waals surface area contributed by atoms with Crippen molar-refractivity contribution in [1.29, 1.82) is 0 Å². The molecule has 1 aromatic rings. The molecule has 0 aromatic heterocycles. The van der Waals surface area contributed by atoms with E-state index >= 15 is 0 Å². The second-order valence-corrected chi connectivity index (χ2v) is 5.85. The number of carbonyl (C=O) groups excluding carboxylic acids is 1. The molecule has 0 bridgehead atoms. The molecule has 0 saturated carbocycles. The molecule has 0 saturated heterocycles. The van der Waals surface area contributed by atoms with Crippen LogP contribution >= 0.6 is 0 Å². The summed E-state index contributed by atoms with van der Waals surface area (Å²) in [6, 6.07) is 3.02. The van der Waals surface area contributed by atoms with E-state index in [9.17, 15) is 18.4 Å². The van der Waals surface area contributed by atoms with Gasteiger partial charge in [-0.25, -0.2) is 8.78 Å². The molecule has 7 heteroatoms. The molecule has 0 fully saturated rings. The zero-order chi connectivity index (χ0) is 17.5. The first kappa shape index (κ1) is 18.9. The third-order valence-electron chi connectivity index (χ3n) is 3.14. The third-order valence-corrected chi connectivity index (χ3v) is 3.14. The minimum atomic E-state index is -0.915. The van der Waals surface area contributed by atoms with Gasteiger partial charge >= 0.3 is 5.97 Å². The van der Waals surface area contributed by atoms with Crippen molar-refractivity contribution in [3.8, 4) is 5.75 Å². The van der Waals surface area contributed by atoms with Crippen molar-refractivity contribution >= 4 is 11.9 Å². The molecule has 23 heavy (non-hydrogen) atoms. The zero-order valence-electron chi connectivity index (χ0n) is 13.2. The Morgan fingerprint density at radius 1 is 1.26 bits per heavy atom. The summed E-state index contributed by atoms with van der Waals surface area (Å²) in [7, 11) is 0. The predicted molar refractivity (Wildman–Crippen MR) is 80.2 cm³/mol. The summed E-state index contributed by atoms with van der Waals surface area (Å²) in [4.78, 5) is 22.3. The maximum absolute atomic E-state index is 13.3. The Labute approximate surface area is 133 Å². The van der Waals surface area contributed by atoms with Gasteiger partial charge in [0, 0.05) is 24.4 Å². The SMILES string of the molecule is CC(C)(CCC(=O)O)NC(=O)CCCOc1ccc(F)cc1F. The highest BCUT2D eigenvalue weighted by Crippen LogP contribution is 2.18. The van der Waals surface area contributed by atoms with Crippen molar-refractivity contribution in [3.05, 3.63) is 29.8 Å². The Morgan fingerprint density at radius 3 is 2.57 bits per heavy atom. The van der Waals surface area contributed by atoms with Gasteiger partial charge < -0.3 is 15.2 Å². The van der Waals surface area contributed by atoms with Crippen LogP contribution in [0.1, 0.15) is 39.5 Å². The highest BCUT2D eigenvalue weighted by atomic mass is 19.1. The number of carboxylic acid groups (broad SMARTS) is 1. The molecule has 0 aliphatic heterocycles. The molecular weight excluding hydrogens is 308 g/mol. The molecule has 0 spiro atoms. The molecule has 128 valence electrons. The monoisotopic (exact) mass is 329 g/mol. The summed E-state index contributed by atoms with van der Waals surface area (Å²) in [5.74, 6) is -2.68. The van der Waals surface area contributed by atoms with Crippen molar-refractivity contribution in [2.45, 2.75) is 45.1 Å². The number of halogens is 2. The van der Waals surface area contributed by atoms with Crippen LogP contribution in [0.3, 0.4) is 0 Å². The van der Waals surface area contributed by atoms with E-state index in [4.69, 9.17) is 9.84 Å². The largest absolute Gasteiger partial charge is 0.491 e. The Kier molecular flexibility index (Phi) is 6.93. The molecule has 0 aliphatic carbocycles. The highest BCUT2D eigenvalue weighted by Gasteiger charge is 2.21. The maximum atomic E-state index is 13.3. The molecule has 0 atom stereocenters. The van der Waals surface area contributed by atoms with Crippen LogP contribution in [0.2, 0.25) is 0 Å². The zero-order valence-corrected chi connectivity index (χ0v) is 13.2. The first-order valence-corrected chi connectivity index (χ1v) is 7.30. The lowest BCUT2D eigenvalue weighted by atomic mass is 9.98. The van der Waals surface area contributed by atoms with Gasteiger partial charge in [-0.15, -0.1) is 0 Å². The highest BCUT2D eigenvalue weighted by molar-refractivity contribution is 5.76. The number of amides is 1. The average molecular weight is 329 g/mol. The minimum Gasteiger partial charge on any atom is -0.491 e. The predicted octanol–water partition coefficient (Wildman–Crippen LogP) is 2.88. The lowest BCUT2D eigenvalue weighted by Gasteiger charge is -2.25. The number of rotatable bonds is 9. The maximum Gasteiger partial charge on any atom is 0.303 e. The van der Waals surface area contributed by atoms with Crippen LogP contribution in [-0.2, 0) is 9.59 Å². The van der Waals surface area contributed by atoms with E-state index in [1.54, 1.807) is 13.8 Å². The summed E-state index contributed by atoms with van der Waals surface area (Å²) in [6.07, 6.45) is 0.822. The second kappa shape index (κ2) is 8.45. The molecular formula is C16H21F2NO4. The van der Waals surface area contributed by atoms with E-state index in [1.165, 1.54) is 6.07 Å². The van der Waals surface area contributed by atoms with Gasteiger partial charge in [-0.05, 0) is 38.8 Å². The molecule has 1 aromatic carbocycles. The normalized spacial score (nSPS) is 11.1. The van der Waals surface area contributed by atoms with Crippen LogP contribution < -0.4 is 10.1 Å². The molecule has 1 rings (SSSR count). The summed E-state index contributed by atoms with van der Waals surface area (Å²) >= 11 is 0. The fraction of sp³-hybridized carbons (Fsp3) is 0.500. The minimum absolute atomic E-state index is 0.0275. The van der Waals surface area contributed by atoms with Crippen molar-refractivity contribution in [3.63, 3.8) is 0 Å². The fourth-order valence-corrected chi connectivity index (χ4v) is 1.93. The number of carboxylic acids is 1. The molecule has 0 heterocycles. The third kappa shape index (κ3) is 7.58. The topological polar surface area (TPSA) is 75.6 Å². The quantitative estimate of drug-likeness (QED) is 0.683. The van der Waals surface area contributed by atoms with Crippen molar-refractivity contribution < 1.29 is 28.2 Å². The van der Waals surface area contributed by atoms with Crippen LogP contribution in [0, 0.1) is 11.6 Å². The van der Waals surface area contributed by atoms with Crippen LogP contribution in [0.4, 0.5) is 8.78 Å². The lowest BCUT2D eigenvalue weighted by Crippen LogP contribution is -2.43. The van der Waals surface area contributed by atoms with E-state index in [2.05, 4.69) is 5.32 Å². The number of benzene rings is 1. The van der Waals surface area contributed by atoms with E-state index in [0.29, 0.717) is 12.8 Å². The number of nitrogens with one attached hydrogen (secondary N) is 1. The molecule has 5 nitrogen and oxygen atoms in total. The number of hydrogen-bond acceptors (Lipinski definition) is 3. The van der Waals surface area contributed by atoms with Crippen molar-refractivity contribution in [1.82, 2.24) is 5.32 Å². The number of aliphatic carboxylic acids is 1. The smallest absolute Gasteiger partial charge is 0.303 e. The van der Waals surface area contributed by atoms with Gasteiger partial charge in [0.15, 0.2) is 11.6 Å². The van der Waals surface area contributed by atoms with Gasteiger partial charge in [0.05, 0.1) is 6.61 Å². The van der Waals surface area contributed by atoms with Crippen molar-refractivity contribution in [2.75, 3.05) is 6.61 Å². The fourth-order valence-electron chi connectivity index (χ4n) is 1.93. The van der Waals surface area contributed by atoms with Crippen LogP contribution in [-0.4, -0.2) is 29.1 Å².